The minimum Gasteiger partial charge on any atom is -0.350 e. The summed E-state index contributed by atoms with van der Waals surface area (Å²) in [5.41, 5.74) is 0. The summed E-state index contributed by atoms with van der Waals surface area (Å²) in [4.78, 5) is 0. The van der Waals surface area contributed by atoms with E-state index >= 15 is 0 Å². The number of ether oxygens (including phenoxy) is 2. The normalized spacial score (nSPS) is 13.6. The zero-order valence-corrected chi connectivity index (χ0v) is 15.3. The summed E-state index contributed by atoms with van der Waals surface area (Å²) in [6.45, 7) is 9.66. The predicted octanol–water partition coefficient (Wildman–Crippen LogP) is 5.74. The first-order valence-electron chi connectivity index (χ1n) is 8.68. The fourth-order valence-corrected chi connectivity index (χ4v) is 3.28. The van der Waals surface area contributed by atoms with Crippen molar-refractivity contribution in [2.45, 2.75) is 84.8 Å². The third-order valence-corrected chi connectivity index (χ3v) is 4.49. The first-order valence-corrected chi connectivity index (χ1v) is 9.63. The highest BCUT2D eigenvalue weighted by atomic mass is 32.2. The minimum absolute atomic E-state index is 0.350. The first-order chi connectivity index (χ1) is 10.1. The van der Waals surface area contributed by atoms with Gasteiger partial charge in [-0.2, -0.15) is 0 Å². The van der Waals surface area contributed by atoms with Gasteiger partial charge in [-0.05, 0) is 45.7 Å². The van der Waals surface area contributed by atoms with Crippen LogP contribution in [0.2, 0.25) is 0 Å². The van der Waals surface area contributed by atoms with Crippen molar-refractivity contribution < 1.29 is 14.0 Å². The van der Waals surface area contributed by atoms with Crippen LogP contribution in [0.25, 0.3) is 0 Å². The van der Waals surface area contributed by atoms with Crippen molar-refractivity contribution >= 4 is 12.0 Å². The molecule has 0 saturated heterocycles. The van der Waals surface area contributed by atoms with E-state index in [0.29, 0.717) is 19.1 Å². The van der Waals surface area contributed by atoms with E-state index in [0.717, 1.165) is 30.6 Å². The van der Waals surface area contributed by atoms with Gasteiger partial charge in [-0.3, -0.25) is 0 Å². The second kappa shape index (κ2) is 13.9. The highest BCUT2D eigenvalue weighted by Crippen LogP contribution is 2.32. The fourth-order valence-electron chi connectivity index (χ4n) is 2.89. The van der Waals surface area contributed by atoms with Crippen LogP contribution in [0.15, 0.2) is 0 Å². The maximum Gasteiger partial charge on any atom is 0.168 e. The van der Waals surface area contributed by atoms with E-state index in [2.05, 4.69) is 13.8 Å². The van der Waals surface area contributed by atoms with E-state index in [1.165, 1.54) is 38.5 Å². The molecule has 1 unspecified atom stereocenters. The molecule has 0 aromatic rings. The van der Waals surface area contributed by atoms with Crippen LogP contribution in [0.1, 0.15) is 79.1 Å². The quantitative estimate of drug-likeness (QED) is 0.237. The van der Waals surface area contributed by atoms with Crippen LogP contribution in [0.4, 0.5) is 0 Å². The van der Waals surface area contributed by atoms with E-state index in [1.54, 1.807) is 0 Å². The van der Waals surface area contributed by atoms with E-state index in [9.17, 15) is 0 Å². The molecule has 0 radical (unpaired) electrons. The summed E-state index contributed by atoms with van der Waals surface area (Å²) in [6, 6.07) is 0. The predicted molar refractivity (Wildman–Crippen MR) is 92.8 cm³/mol. The van der Waals surface area contributed by atoms with Gasteiger partial charge < -0.3 is 14.0 Å². The van der Waals surface area contributed by atoms with Gasteiger partial charge in [-0.1, -0.05) is 45.4 Å². The van der Waals surface area contributed by atoms with Crippen molar-refractivity contribution in [1.82, 2.24) is 0 Å². The topological polar surface area (TPSA) is 38.7 Å². The lowest BCUT2D eigenvalue weighted by molar-refractivity contribution is -0.253. The molecule has 0 heterocycles. The van der Waals surface area contributed by atoms with Crippen molar-refractivity contribution in [1.29, 1.82) is 0 Å². The maximum atomic E-state index is 9.04. The summed E-state index contributed by atoms with van der Waals surface area (Å²) >= 11 is 0.921. The Morgan fingerprint density at radius 3 is 2.00 bits per heavy atom. The summed E-state index contributed by atoms with van der Waals surface area (Å²) in [5, 5.41) is 0. The van der Waals surface area contributed by atoms with Crippen molar-refractivity contribution in [3.63, 3.8) is 0 Å². The van der Waals surface area contributed by atoms with Gasteiger partial charge in [0.2, 0.25) is 0 Å². The van der Waals surface area contributed by atoms with Crippen molar-refractivity contribution in [3.05, 3.63) is 0 Å². The van der Waals surface area contributed by atoms with Crippen LogP contribution < -0.4 is 0 Å². The monoisotopic (exact) mass is 320 g/mol. The fraction of sp³-hybridized carbons (Fsp3) is 1.00. The average molecular weight is 321 g/mol. The third kappa shape index (κ3) is 9.77. The van der Waals surface area contributed by atoms with Crippen LogP contribution >= 0.6 is 12.0 Å². The molecule has 1 atom stereocenters. The first kappa shape index (κ1) is 21.2. The van der Waals surface area contributed by atoms with Crippen LogP contribution in [-0.2, 0) is 9.47 Å². The summed E-state index contributed by atoms with van der Waals surface area (Å²) in [7, 11) is 0. The molecule has 128 valence electrons. The van der Waals surface area contributed by atoms with Gasteiger partial charge in [0.1, 0.15) is 0 Å². The standard InChI is InChI=1S/C17H36O3S/c1-5-8-9-10-11-12-13-16(14-15-21-18)17(4,19-6-2)20-7-3/h16,18H,5-15H2,1-4H3. The molecule has 0 spiro atoms. The summed E-state index contributed by atoms with van der Waals surface area (Å²) in [5.74, 6) is 0.585. The lowest BCUT2D eigenvalue weighted by Gasteiger charge is -2.37. The Morgan fingerprint density at radius 2 is 1.48 bits per heavy atom. The molecule has 0 aromatic heterocycles. The zero-order chi connectivity index (χ0) is 16.0. The van der Waals surface area contributed by atoms with Crippen LogP contribution in [0.5, 0.6) is 0 Å². The van der Waals surface area contributed by atoms with E-state index in [-0.39, 0.29) is 0 Å². The molecule has 21 heavy (non-hydrogen) atoms. The highest BCUT2D eigenvalue weighted by molar-refractivity contribution is 7.93. The second-order valence-corrected chi connectivity index (χ2v) is 6.42. The zero-order valence-electron chi connectivity index (χ0n) is 14.5. The molecule has 0 bridgehead atoms. The van der Waals surface area contributed by atoms with E-state index < -0.39 is 5.79 Å². The molecule has 0 aromatic carbocycles. The Bertz CT molecular complexity index is 218. The summed E-state index contributed by atoms with van der Waals surface area (Å²) < 4.78 is 20.9. The van der Waals surface area contributed by atoms with Gasteiger partial charge in [0.25, 0.3) is 0 Å². The maximum absolute atomic E-state index is 9.04. The largest absolute Gasteiger partial charge is 0.350 e. The molecule has 0 aliphatic carbocycles. The van der Waals surface area contributed by atoms with Gasteiger partial charge >= 0.3 is 0 Å². The Morgan fingerprint density at radius 1 is 0.905 bits per heavy atom. The molecule has 0 amide bonds. The van der Waals surface area contributed by atoms with Crippen LogP contribution in [-0.4, -0.2) is 29.3 Å². The molecule has 0 rings (SSSR count). The molecular weight excluding hydrogens is 284 g/mol. The van der Waals surface area contributed by atoms with Crippen molar-refractivity contribution in [2.75, 3.05) is 19.0 Å². The third-order valence-electron chi connectivity index (χ3n) is 4.07. The van der Waals surface area contributed by atoms with Gasteiger partial charge in [-0.25, -0.2) is 0 Å². The van der Waals surface area contributed by atoms with Crippen LogP contribution in [0.3, 0.4) is 0 Å². The summed E-state index contributed by atoms with van der Waals surface area (Å²) in [6.07, 6.45) is 9.88. The van der Waals surface area contributed by atoms with Gasteiger partial charge in [-0.15, -0.1) is 0 Å². The smallest absolute Gasteiger partial charge is 0.168 e. The SMILES string of the molecule is CCCCCCCCC(CCSO)C(C)(OCC)OCC. The van der Waals surface area contributed by atoms with Crippen LogP contribution in [0, 0.1) is 5.92 Å². The van der Waals surface area contributed by atoms with Gasteiger partial charge in [0.05, 0.1) is 0 Å². The van der Waals surface area contributed by atoms with Crippen molar-refractivity contribution in [2.24, 2.45) is 5.92 Å². The Kier molecular flexibility index (Phi) is 14.0. The number of hydrogen-bond acceptors (Lipinski definition) is 4. The molecule has 3 nitrogen and oxygen atoms in total. The Hall–Kier alpha value is 0.230. The average Bonchev–Trinajstić information content (AvgIpc) is 2.46. The number of unbranched alkanes of at least 4 members (excludes halogenated alkanes) is 5. The molecule has 1 N–H and O–H groups in total. The molecule has 0 saturated carbocycles. The molecule has 0 aliphatic heterocycles. The number of hydrogen-bond donors (Lipinski definition) is 1. The lowest BCUT2D eigenvalue weighted by atomic mass is 9.90. The number of rotatable bonds is 15. The molecule has 0 aliphatic rings. The van der Waals surface area contributed by atoms with Crippen molar-refractivity contribution in [3.8, 4) is 0 Å². The van der Waals surface area contributed by atoms with E-state index in [4.69, 9.17) is 14.0 Å². The Labute approximate surface area is 136 Å². The van der Waals surface area contributed by atoms with E-state index in [1.807, 2.05) is 13.8 Å². The highest BCUT2D eigenvalue weighted by Gasteiger charge is 2.34. The minimum atomic E-state index is -0.511. The molecular formula is C17H36O3S. The van der Waals surface area contributed by atoms with Gasteiger partial charge in [0, 0.05) is 24.9 Å². The Balaban J connectivity index is 4.32. The molecule has 0 fully saturated rings. The van der Waals surface area contributed by atoms with Gasteiger partial charge in [0.15, 0.2) is 5.79 Å². The second-order valence-electron chi connectivity index (χ2n) is 5.76. The molecule has 4 heteroatoms. The lowest BCUT2D eigenvalue weighted by Crippen LogP contribution is -2.41.